The fourth-order valence-corrected chi connectivity index (χ4v) is 4.54. The summed E-state index contributed by atoms with van der Waals surface area (Å²) in [5.41, 5.74) is 1.48. The average molecular weight is 345 g/mol. The maximum atomic E-state index is 10.9. The predicted octanol–water partition coefficient (Wildman–Crippen LogP) is 5.51. The first-order valence-electron chi connectivity index (χ1n) is 6.89. The van der Waals surface area contributed by atoms with Gasteiger partial charge in [-0.15, -0.1) is 11.8 Å². The third-order valence-corrected chi connectivity index (χ3v) is 6.42. The Bertz CT molecular complexity index is 466. The molecule has 1 aliphatic rings. The Labute approximate surface area is 130 Å². The third kappa shape index (κ3) is 2.88. The van der Waals surface area contributed by atoms with Crippen LogP contribution in [0.1, 0.15) is 52.7 Å². The second kappa shape index (κ2) is 5.79. The fraction of sp³-hybridized carbons (Fsp3) is 0.625. The van der Waals surface area contributed by atoms with E-state index >= 15 is 0 Å². The zero-order chi connectivity index (χ0) is 15.0. The SMILES string of the molecule is CC.Cc1c(Br)ccc2c1C(C)(O)C(C)C(C)(C)S2. The van der Waals surface area contributed by atoms with Gasteiger partial charge in [0.05, 0.1) is 5.60 Å². The highest BCUT2D eigenvalue weighted by molar-refractivity contribution is 9.10. The second-order valence-electron chi connectivity index (χ2n) is 5.62. The smallest absolute Gasteiger partial charge is 0.0920 e. The Morgan fingerprint density at radius 1 is 1.21 bits per heavy atom. The molecule has 2 atom stereocenters. The van der Waals surface area contributed by atoms with Crippen molar-refractivity contribution < 1.29 is 5.11 Å². The molecule has 1 heterocycles. The molecular weight excluding hydrogens is 320 g/mol. The highest BCUT2D eigenvalue weighted by Gasteiger charge is 2.47. The molecule has 0 spiro atoms. The largest absolute Gasteiger partial charge is 0.385 e. The van der Waals surface area contributed by atoms with Crippen LogP contribution in [0.5, 0.6) is 0 Å². The molecule has 2 unspecified atom stereocenters. The van der Waals surface area contributed by atoms with Crippen LogP contribution in [-0.4, -0.2) is 9.85 Å². The minimum Gasteiger partial charge on any atom is -0.385 e. The van der Waals surface area contributed by atoms with Crippen molar-refractivity contribution >= 4 is 27.7 Å². The summed E-state index contributed by atoms with van der Waals surface area (Å²) in [6, 6.07) is 4.18. The molecule has 0 fully saturated rings. The van der Waals surface area contributed by atoms with Crippen molar-refractivity contribution in [1.29, 1.82) is 0 Å². The van der Waals surface area contributed by atoms with Gasteiger partial charge in [0.25, 0.3) is 0 Å². The summed E-state index contributed by atoms with van der Waals surface area (Å²) in [5, 5.41) is 10.9. The second-order valence-corrected chi connectivity index (χ2v) is 8.17. The van der Waals surface area contributed by atoms with Gasteiger partial charge in [0.1, 0.15) is 0 Å². The first-order chi connectivity index (χ1) is 8.68. The number of hydrogen-bond donors (Lipinski definition) is 1. The Hall–Kier alpha value is 0.01000. The highest BCUT2D eigenvalue weighted by Crippen LogP contribution is 2.54. The molecule has 0 amide bonds. The van der Waals surface area contributed by atoms with Crippen molar-refractivity contribution in [2.75, 3.05) is 0 Å². The molecule has 1 nitrogen and oxygen atoms in total. The van der Waals surface area contributed by atoms with Crippen molar-refractivity contribution in [3.05, 3.63) is 27.7 Å². The average Bonchev–Trinajstić information content (AvgIpc) is 2.33. The Kier molecular flexibility index (Phi) is 5.20. The quantitative estimate of drug-likeness (QED) is 0.669. The molecule has 19 heavy (non-hydrogen) atoms. The minimum absolute atomic E-state index is 0.0524. The number of hydrogen-bond acceptors (Lipinski definition) is 2. The number of benzene rings is 1. The Balaban J connectivity index is 0.000000861. The summed E-state index contributed by atoms with van der Waals surface area (Å²) in [4.78, 5) is 1.21. The van der Waals surface area contributed by atoms with Crippen LogP contribution >= 0.6 is 27.7 Å². The van der Waals surface area contributed by atoms with Crippen LogP contribution < -0.4 is 0 Å². The molecule has 108 valence electrons. The molecule has 0 radical (unpaired) electrons. The maximum absolute atomic E-state index is 10.9. The van der Waals surface area contributed by atoms with E-state index in [1.165, 1.54) is 4.90 Å². The molecule has 0 saturated carbocycles. The zero-order valence-corrected chi connectivity index (χ0v) is 15.4. The lowest BCUT2D eigenvalue weighted by atomic mass is 9.75. The van der Waals surface area contributed by atoms with E-state index in [4.69, 9.17) is 0 Å². The lowest BCUT2D eigenvalue weighted by molar-refractivity contribution is -0.0165. The van der Waals surface area contributed by atoms with Crippen LogP contribution in [0.3, 0.4) is 0 Å². The van der Waals surface area contributed by atoms with Crippen LogP contribution in [0.2, 0.25) is 0 Å². The highest BCUT2D eigenvalue weighted by atomic mass is 79.9. The van der Waals surface area contributed by atoms with Gasteiger partial charge in [-0.2, -0.15) is 0 Å². The summed E-state index contributed by atoms with van der Waals surface area (Å²) in [6.45, 7) is 14.6. The van der Waals surface area contributed by atoms with Crippen molar-refractivity contribution in [1.82, 2.24) is 0 Å². The van der Waals surface area contributed by atoms with Crippen molar-refractivity contribution in [2.24, 2.45) is 5.92 Å². The number of aliphatic hydroxyl groups is 1. The number of halogens is 1. The molecular formula is C16H25BrOS. The van der Waals surface area contributed by atoms with Gasteiger partial charge in [0.2, 0.25) is 0 Å². The van der Waals surface area contributed by atoms with E-state index in [0.29, 0.717) is 0 Å². The topological polar surface area (TPSA) is 20.2 Å². The molecule has 1 N–H and O–H groups in total. The summed E-state index contributed by atoms with van der Waals surface area (Å²) in [7, 11) is 0. The normalized spacial score (nSPS) is 28.2. The van der Waals surface area contributed by atoms with E-state index in [1.807, 2.05) is 32.5 Å². The standard InChI is InChI=1S/C14H19BrOS.C2H6/c1-8-10(15)6-7-11-12(8)14(5,16)9(2)13(3,4)17-11;1-2/h6-7,9,16H,1-5H3;1-2H3. The van der Waals surface area contributed by atoms with Crippen LogP contribution in [0.15, 0.2) is 21.5 Å². The molecule has 1 aliphatic heterocycles. The first-order valence-corrected chi connectivity index (χ1v) is 8.50. The predicted molar refractivity (Wildman–Crippen MR) is 88.9 cm³/mol. The van der Waals surface area contributed by atoms with Crippen LogP contribution in [0, 0.1) is 12.8 Å². The van der Waals surface area contributed by atoms with E-state index in [0.717, 1.165) is 15.6 Å². The molecule has 3 heteroatoms. The van der Waals surface area contributed by atoms with E-state index in [2.05, 4.69) is 55.8 Å². The Morgan fingerprint density at radius 2 is 1.74 bits per heavy atom. The molecule has 1 aromatic rings. The monoisotopic (exact) mass is 344 g/mol. The third-order valence-electron chi connectivity index (χ3n) is 4.13. The summed E-state index contributed by atoms with van der Waals surface area (Å²) < 4.78 is 1.13. The molecule has 0 saturated heterocycles. The summed E-state index contributed by atoms with van der Waals surface area (Å²) in [6.07, 6.45) is 0. The molecule has 2 rings (SSSR count). The number of rotatable bonds is 0. The van der Waals surface area contributed by atoms with E-state index < -0.39 is 5.60 Å². The molecule has 0 aliphatic carbocycles. The van der Waals surface area contributed by atoms with Gasteiger partial charge in [-0.25, -0.2) is 0 Å². The van der Waals surface area contributed by atoms with Crippen molar-refractivity contribution in [2.45, 2.75) is 63.7 Å². The molecule has 0 bridgehead atoms. The van der Waals surface area contributed by atoms with Crippen LogP contribution in [0.25, 0.3) is 0 Å². The van der Waals surface area contributed by atoms with Crippen LogP contribution in [0.4, 0.5) is 0 Å². The molecule has 0 aromatic heterocycles. The number of fused-ring (bicyclic) bond motifs is 1. The fourth-order valence-electron chi connectivity index (χ4n) is 2.64. The lowest BCUT2D eigenvalue weighted by Crippen LogP contribution is -2.45. The Morgan fingerprint density at radius 3 is 2.26 bits per heavy atom. The van der Waals surface area contributed by atoms with Gasteiger partial charge in [-0.05, 0) is 45.4 Å². The van der Waals surface area contributed by atoms with Crippen LogP contribution in [-0.2, 0) is 5.60 Å². The van der Waals surface area contributed by atoms with Gasteiger partial charge in [0, 0.05) is 25.6 Å². The van der Waals surface area contributed by atoms with E-state index in [1.54, 1.807) is 0 Å². The van der Waals surface area contributed by atoms with Gasteiger partial charge in [0.15, 0.2) is 0 Å². The van der Waals surface area contributed by atoms with Gasteiger partial charge in [-0.1, -0.05) is 36.7 Å². The van der Waals surface area contributed by atoms with Gasteiger partial charge in [-0.3, -0.25) is 0 Å². The van der Waals surface area contributed by atoms with Crippen molar-refractivity contribution in [3.8, 4) is 0 Å². The lowest BCUT2D eigenvalue weighted by Gasteiger charge is -2.47. The first kappa shape index (κ1) is 17.1. The summed E-state index contributed by atoms with van der Waals surface area (Å²) in [5.74, 6) is 0.209. The van der Waals surface area contributed by atoms with E-state index in [-0.39, 0.29) is 10.7 Å². The minimum atomic E-state index is -0.766. The van der Waals surface area contributed by atoms with Gasteiger partial charge >= 0.3 is 0 Å². The maximum Gasteiger partial charge on any atom is 0.0920 e. The van der Waals surface area contributed by atoms with E-state index in [9.17, 15) is 5.11 Å². The number of thioether (sulfide) groups is 1. The zero-order valence-electron chi connectivity index (χ0n) is 13.0. The van der Waals surface area contributed by atoms with Crippen molar-refractivity contribution in [3.63, 3.8) is 0 Å². The molecule has 1 aromatic carbocycles. The van der Waals surface area contributed by atoms with Gasteiger partial charge < -0.3 is 5.11 Å². The summed E-state index contributed by atoms with van der Waals surface area (Å²) >= 11 is 5.42.